The molecule has 3 aliphatic carbocycles. The molecular formula is C29H32O9. The van der Waals surface area contributed by atoms with Crippen molar-refractivity contribution in [2.24, 2.45) is 40.4 Å². The van der Waals surface area contributed by atoms with E-state index >= 15 is 0 Å². The lowest BCUT2D eigenvalue weighted by atomic mass is 9.43. The number of esters is 2. The molecule has 4 aliphatic rings. The number of carboxylic acid groups (broad SMARTS) is 1. The quantitative estimate of drug-likeness (QED) is 0.182. The van der Waals surface area contributed by atoms with Gasteiger partial charge in [-0.3, -0.25) is 19.2 Å². The zero-order valence-electron chi connectivity index (χ0n) is 21.5. The van der Waals surface area contributed by atoms with Gasteiger partial charge in [-0.15, -0.1) is 0 Å². The predicted octanol–water partition coefficient (Wildman–Crippen LogP) is 2.71. The second-order valence-electron chi connectivity index (χ2n) is 10.8. The summed E-state index contributed by atoms with van der Waals surface area (Å²) in [5, 5.41) is 19.8. The molecule has 38 heavy (non-hydrogen) atoms. The monoisotopic (exact) mass is 524 g/mol. The average molecular weight is 525 g/mol. The van der Waals surface area contributed by atoms with E-state index in [0.29, 0.717) is 6.42 Å². The standard InChI is InChI=1S/C29H32O9/c1-15-22(38-17(3)30)14-21-20(24(15)33)12-11-18-13-19(9-7-5-6-8-10-23(31)32)29(26(35)28(18,21)4)25(34)16(2)37-27(29)36/h5-12,15,18-22,24,33H,2,13-14H2,1,3-4H3,(H,31,32)/b6-5+,9-7+,10-8+/t15-,18-,19+,20+,21-,22+,24+,28-,29?/m0/s1. The van der Waals surface area contributed by atoms with Crippen molar-refractivity contribution in [2.75, 3.05) is 0 Å². The Bertz CT molecular complexity index is 1210. The first kappa shape index (κ1) is 27.4. The number of cyclic esters (lactones) is 1. The van der Waals surface area contributed by atoms with Crippen molar-refractivity contribution < 1.29 is 43.7 Å². The summed E-state index contributed by atoms with van der Waals surface area (Å²) in [7, 11) is 0. The second kappa shape index (κ2) is 9.94. The number of rotatable bonds is 5. The molecule has 0 amide bonds. The summed E-state index contributed by atoms with van der Waals surface area (Å²) in [6.07, 6.45) is 11.3. The molecular weight excluding hydrogens is 492 g/mol. The molecule has 1 unspecified atom stereocenters. The zero-order chi connectivity index (χ0) is 28.0. The summed E-state index contributed by atoms with van der Waals surface area (Å²) in [6.45, 7) is 8.37. The summed E-state index contributed by atoms with van der Waals surface area (Å²) in [6, 6.07) is 0. The number of fused-ring (bicyclic) bond motifs is 3. The molecule has 3 fully saturated rings. The molecule has 9 atom stereocenters. The van der Waals surface area contributed by atoms with Gasteiger partial charge in [0.1, 0.15) is 6.10 Å². The molecule has 0 aromatic heterocycles. The van der Waals surface area contributed by atoms with Crippen LogP contribution in [0.15, 0.2) is 60.9 Å². The highest BCUT2D eigenvalue weighted by Gasteiger charge is 2.73. The number of carbonyl (C=O) groups is 5. The third-order valence-corrected chi connectivity index (χ3v) is 8.87. The minimum absolute atomic E-state index is 0.273. The molecule has 1 saturated heterocycles. The molecule has 1 spiro atoms. The molecule has 9 nitrogen and oxygen atoms in total. The maximum atomic E-state index is 14.6. The lowest BCUT2D eigenvalue weighted by Gasteiger charge is -2.58. The summed E-state index contributed by atoms with van der Waals surface area (Å²) >= 11 is 0. The number of allylic oxidation sites excluding steroid dienone is 7. The van der Waals surface area contributed by atoms with Crippen LogP contribution >= 0.6 is 0 Å². The summed E-state index contributed by atoms with van der Waals surface area (Å²) in [5.41, 5.74) is -3.34. The first-order valence-corrected chi connectivity index (χ1v) is 12.7. The summed E-state index contributed by atoms with van der Waals surface area (Å²) in [4.78, 5) is 63.8. The number of carbonyl (C=O) groups excluding carboxylic acids is 4. The lowest BCUT2D eigenvalue weighted by molar-refractivity contribution is -0.180. The number of Topliss-reactive ketones (excluding diaryl/α,β-unsaturated/α-hetero) is 2. The molecule has 4 rings (SSSR count). The summed E-state index contributed by atoms with van der Waals surface area (Å²) < 4.78 is 10.7. The number of ether oxygens (including phenoxy) is 2. The second-order valence-corrected chi connectivity index (χ2v) is 10.8. The van der Waals surface area contributed by atoms with E-state index < -0.39 is 70.3 Å². The van der Waals surface area contributed by atoms with Gasteiger partial charge in [-0.2, -0.15) is 0 Å². The number of aliphatic carboxylic acids is 1. The highest BCUT2D eigenvalue weighted by atomic mass is 16.6. The first-order chi connectivity index (χ1) is 17.9. The van der Waals surface area contributed by atoms with Crippen molar-refractivity contribution in [3.63, 3.8) is 0 Å². The van der Waals surface area contributed by atoms with Gasteiger partial charge < -0.3 is 19.7 Å². The van der Waals surface area contributed by atoms with Gasteiger partial charge >= 0.3 is 17.9 Å². The highest BCUT2D eigenvalue weighted by Crippen LogP contribution is 2.62. The smallest absolute Gasteiger partial charge is 0.333 e. The molecule has 0 radical (unpaired) electrons. The molecule has 2 N–H and O–H groups in total. The van der Waals surface area contributed by atoms with Crippen molar-refractivity contribution in [1.82, 2.24) is 0 Å². The van der Waals surface area contributed by atoms with Crippen LogP contribution in [0.3, 0.4) is 0 Å². The number of hydrogen-bond donors (Lipinski definition) is 2. The molecule has 0 aromatic rings. The van der Waals surface area contributed by atoms with Crippen LogP contribution in [-0.2, 0) is 33.4 Å². The third-order valence-electron chi connectivity index (χ3n) is 8.87. The van der Waals surface area contributed by atoms with E-state index in [1.165, 1.54) is 19.1 Å². The van der Waals surface area contributed by atoms with Gasteiger partial charge in [-0.1, -0.05) is 63.0 Å². The van der Waals surface area contributed by atoms with E-state index in [1.54, 1.807) is 32.1 Å². The van der Waals surface area contributed by atoms with Crippen molar-refractivity contribution in [3.8, 4) is 0 Å². The number of aliphatic hydroxyl groups excluding tert-OH is 1. The van der Waals surface area contributed by atoms with Gasteiger partial charge in [0, 0.05) is 36.2 Å². The van der Waals surface area contributed by atoms with E-state index in [0.717, 1.165) is 6.08 Å². The number of carboxylic acids is 1. The number of ketones is 2. The molecule has 2 saturated carbocycles. The van der Waals surface area contributed by atoms with Gasteiger partial charge in [0.05, 0.1) is 6.10 Å². The van der Waals surface area contributed by atoms with E-state index in [4.69, 9.17) is 14.6 Å². The molecule has 9 heteroatoms. The normalized spacial score (nSPS) is 40.7. The molecule has 0 bridgehead atoms. The van der Waals surface area contributed by atoms with Gasteiger partial charge in [0.25, 0.3) is 0 Å². The number of hydrogen-bond acceptors (Lipinski definition) is 8. The topological polar surface area (TPSA) is 144 Å². The van der Waals surface area contributed by atoms with Crippen molar-refractivity contribution in [1.29, 1.82) is 0 Å². The minimum Gasteiger partial charge on any atom is -0.478 e. The van der Waals surface area contributed by atoms with Crippen LogP contribution in [0.1, 0.15) is 33.6 Å². The van der Waals surface area contributed by atoms with Gasteiger partial charge in [0.15, 0.2) is 17.0 Å². The third kappa shape index (κ3) is 4.09. The van der Waals surface area contributed by atoms with Crippen LogP contribution in [0.5, 0.6) is 0 Å². The molecule has 202 valence electrons. The average Bonchev–Trinajstić information content (AvgIpc) is 3.07. The van der Waals surface area contributed by atoms with Crippen LogP contribution in [-0.4, -0.2) is 51.9 Å². The maximum absolute atomic E-state index is 14.6. The van der Waals surface area contributed by atoms with E-state index in [9.17, 15) is 29.1 Å². The van der Waals surface area contributed by atoms with Gasteiger partial charge in [0.2, 0.25) is 5.78 Å². The Labute approximate surface area is 220 Å². The van der Waals surface area contributed by atoms with Crippen LogP contribution in [0.2, 0.25) is 0 Å². The summed E-state index contributed by atoms with van der Waals surface area (Å²) in [5.74, 6) is -6.78. The van der Waals surface area contributed by atoms with Crippen molar-refractivity contribution >= 4 is 29.5 Å². The Balaban J connectivity index is 1.77. The van der Waals surface area contributed by atoms with Crippen molar-refractivity contribution in [2.45, 2.75) is 45.8 Å². The Hall–Kier alpha value is -3.59. The van der Waals surface area contributed by atoms with E-state index in [-0.39, 0.29) is 24.0 Å². The Morgan fingerprint density at radius 2 is 1.82 bits per heavy atom. The highest BCUT2D eigenvalue weighted by molar-refractivity contribution is 6.32. The number of aliphatic hydroxyl groups is 1. The first-order valence-electron chi connectivity index (χ1n) is 12.7. The Kier molecular flexibility index (Phi) is 7.18. The van der Waals surface area contributed by atoms with Crippen LogP contribution in [0.4, 0.5) is 0 Å². The maximum Gasteiger partial charge on any atom is 0.333 e. The zero-order valence-corrected chi connectivity index (χ0v) is 21.5. The van der Waals surface area contributed by atoms with Crippen LogP contribution in [0.25, 0.3) is 0 Å². The largest absolute Gasteiger partial charge is 0.478 e. The predicted molar refractivity (Wildman–Crippen MR) is 134 cm³/mol. The Morgan fingerprint density at radius 3 is 2.42 bits per heavy atom. The van der Waals surface area contributed by atoms with Crippen molar-refractivity contribution in [3.05, 3.63) is 60.9 Å². The molecule has 1 aliphatic heterocycles. The Morgan fingerprint density at radius 1 is 1.13 bits per heavy atom. The SMILES string of the molecule is C=C1OC(=O)C2(C1=O)C(=O)[C@@]1(C)[C@@H](C=C[C@H]3[C@H](O)[C@@H](C)[C@H](OC(C)=O)C[C@@H]31)C[C@H]2/C=C/C=C/C=C/C(=O)O. The lowest BCUT2D eigenvalue weighted by Crippen LogP contribution is -2.65. The minimum atomic E-state index is -2.12. The van der Waals surface area contributed by atoms with E-state index in [1.807, 2.05) is 12.2 Å². The van der Waals surface area contributed by atoms with E-state index in [2.05, 4.69) is 6.58 Å². The van der Waals surface area contributed by atoms with Gasteiger partial charge in [-0.25, -0.2) is 4.79 Å². The van der Waals surface area contributed by atoms with Gasteiger partial charge in [-0.05, 0) is 24.7 Å². The van der Waals surface area contributed by atoms with Crippen LogP contribution in [0, 0.1) is 40.4 Å². The fraction of sp³-hybridized carbons (Fsp3) is 0.483. The molecule has 0 aromatic carbocycles. The fourth-order valence-corrected chi connectivity index (χ4v) is 6.89. The molecule has 1 heterocycles. The van der Waals surface area contributed by atoms with Crippen LogP contribution < -0.4 is 0 Å². The fourth-order valence-electron chi connectivity index (χ4n) is 6.89.